The molecule has 2 heterocycles. The van der Waals surface area contributed by atoms with Gasteiger partial charge < -0.3 is 5.11 Å². The summed E-state index contributed by atoms with van der Waals surface area (Å²) in [7, 11) is 0. The van der Waals surface area contributed by atoms with E-state index in [2.05, 4.69) is 5.32 Å². The fraction of sp³-hybridized carbons (Fsp3) is 0.444. The molecular formula is C18H20N2O5S. The molecule has 3 atom stereocenters. The van der Waals surface area contributed by atoms with Gasteiger partial charge in [0.2, 0.25) is 0 Å². The van der Waals surface area contributed by atoms with Crippen LogP contribution in [0.25, 0.3) is 0 Å². The first-order valence-electron chi connectivity index (χ1n) is 8.48. The second-order valence-corrected chi connectivity index (χ2v) is 7.70. The Labute approximate surface area is 155 Å². The van der Waals surface area contributed by atoms with E-state index in [4.69, 9.17) is 0 Å². The normalized spacial score (nSPS) is 23.2. The molecule has 2 aliphatic rings. The largest absolute Gasteiger partial charge is 0.480 e. The number of benzene rings is 1. The van der Waals surface area contributed by atoms with Crippen molar-refractivity contribution in [1.82, 2.24) is 10.2 Å². The number of imide groups is 1. The third kappa shape index (κ3) is 3.52. The molecule has 138 valence electrons. The van der Waals surface area contributed by atoms with E-state index in [0.717, 1.165) is 4.90 Å². The molecule has 1 aromatic rings. The molecule has 2 N–H and O–H groups in total. The summed E-state index contributed by atoms with van der Waals surface area (Å²) in [5, 5.41) is 12.8. The van der Waals surface area contributed by atoms with Gasteiger partial charge in [-0.05, 0) is 38.3 Å². The maximum Gasteiger partial charge on any atom is 0.326 e. The average molecular weight is 376 g/mol. The molecule has 26 heavy (non-hydrogen) atoms. The van der Waals surface area contributed by atoms with Crippen molar-refractivity contribution >= 4 is 35.3 Å². The maximum atomic E-state index is 12.5. The lowest BCUT2D eigenvalue weighted by atomic mass is 10.1. The lowest BCUT2D eigenvalue weighted by Crippen LogP contribution is -2.45. The predicted octanol–water partition coefficient (Wildman–Crippen LogP) is 1.53. The predicted molar refractivity (Wildman–Crippen MR) is 96.1 cm³/mol. The van der Waals surface area contributed by atoms with Gasteiger partial charge in [0, 0.05) is 5.75 Å². The van der Waals surface area contributed by atoms with E-state index in [0.29, 0.717) is 18.6 Å². The van der Waals surface area contributed by atoms with Crippen LogP contribution in [0.5, 0.6) is 0 Å². The minimum Gasteiger partial charge on any atom is -0.480 e. The van der Waals surface area contributed by atoms with Crippen LogP contribution in [0, 0.1) is 0 Å². The second-order valence-electron chi connectivity index (χ2n) is 6.46. The third-order valence-corrected chi connectivity index (χ3v) is 6.01. The van der Waals surface area contributed by atoms with Crippen molar-refractivity contribution in [1.29, 1.82) is 0 Å². The SMILES string of the molecule is CC(=O)C1CSC(CCC[C@@H](C(=O)O)N2C(=O)c3ccccc3C2=O)N1. The highest BCUT2D eigenvalue weighted by Crippen LogP contribution is 2.28. The standard InChI is InChI=1S/C18H20N2O5S/c1-10(21)13-9-26-15(19-13)8-4-7-14(18(24)25)20-16(22)11-5-2-3-6-12(11)17(20)23/h2-3,5-6,13-15,19H,4,7-9H2,1H3,(H,24,25)/t13?,14-,15?/m0/s1. The monoisotopic (exact) mass is 376 g/mol. The molecule has 3 rings (SSSR count). The average Bonchev–Trinajstić information content (AvgIpc) is 3.17. The number of carboxylic acids is 1. The summed E-state index contributed by atoms with van der Waals surface area (Å²) in [5.74, 6) is -1.49. The molecule has 2 amide bonds. The number of carbonyl (C=O) groups excluding carboxylic acids is 3. The zero-order chi connectivity index (χ0) is 18.8. The quantitative estimate of drug-likeness (QED) is 0.696. The van der Waals surface area contributed by atoms with Gasteiger partial charge in [0.05, 0.1) is 22.5 Å². The number of hydrogen-bond donors (Lipinski definition) is 2. The van der Waals surface area contributed by atoms with Gasteiger partial charge in [-0.25, -0.2) is 4.79 Å². The van der Waals surface area contributed by atoms with Crippen LogP contribution in [0.1, 0.15) is 46.9 Å². The van der Waals surface area contributed by atoms with Crippen molar-refractivity contribution in [3.05, 3.63) is 35.4 Å². The first-order chi connectivity index (χ1) is 12.4. The highest BCUT2D eigenvalue weighted by Gasteiger charge is 2.42. The molecule has 2 unspecified atom stereocenters. The van der Waals surface area contributed by atoms with Crippen LogP contribution in [-0.2, 0) is 9.59 Å². The van der Waals surface area contributed by atoms with Crippen molar-refractivity contribution < 1.29 is 24.3 Å². The maximum absolute atomic E-state index is 12.5. The molecule has 2 aliphatic heterocycles. The Bertz CT molecular complexity index is 731. The molecular weight excluding hydrogens is 356 g/mol. The van der Waals surface area contributed by atoms with Crippen molar-refractivity contribution in [3.63, 3.8) is 0 Å². The molecule has 8 heteroatoms. The molecule has 0 aliphatic carbocycles. The minimum absolute atomic E-state index is 0.0838. The number of amides is 2. The van der Waals surface area contributed by atoms with Crippen LogP contribution >= 0.6 is 11.8 Å². The van der Waals surface area contributed by atoms with Gasteiger partial charge in [-0.3, -0.25) is 24.6 Å². The molecule has 0 aromatic heterocycles. The van der Waals surface area contributed by atoms with Crippen LogP contribution in [0.3, 0.4) is 0 Å². The van der Waals surface area contributed by atoms with E-state index in [1.165, 1.54) is 12.1 Å². The summed E-state index contributed by atoms with van der Waals surface area (Å²) >= 11 is 1.64. The minimum atomic E-state index is -1.19. The first kappa shape index (κ1) is 18.6. The molecule has 0 radical (unpaired) electrons. The first-order valence-corrected chi connectivity index (χ1v) is 9.53. The fourth-order valence-electron chi connectivity index (χ4n) is 3.28. The Morgan fingerprint density at radius 2 is 1.88 bits per heavy atom. The molecule has 0 spiro atoms. The Balaban J connectivity index is 1.62. The van der Waals surface area contributed by atoms with Crippen molar-refractivity contribution in [3.8, 4) is 0 Å². The Hall–Kier alpha value is -2.19. The summed E-state index contributed by atoms with van der Waals surface area (Å²) in [6, 6.07) is 5.04. The van der Waals surface area contributed by atoms with Gasteiger partial charge in [-0.1, -0.05) is 12.1 Å². The van der Waals surface area contributed by atoms with Gasteiger partial charge >= 0.3 is 5.97 Å². The number of hydrogen-bond acceptors (Lipinski definition) is 6. The summed E-state index contributed by atoms with van der Waals surface area (Å²) in [4.78, 5) is 48.9. The number of nitrogens with zero attached hydrogens (tertiary/aromatic N) is 1. The van der Waals surface area contributed by atoms with E-state index >= 15 is 0 Å². The lowest BCUT2D eigenvalue weighted by Gasteiger charge is -2.23. The highest BCUT2D eigenvalue weighted by molar-refractivity contribution is 8.00. The smallest absolute Gasteiger partial charge is 0.326 e. The number of Topliss-reactive ketones (excluding diaryl/α,β-unsaturated/α-hetero) is 1. The van der Waals surface area contributed by atoms with Gasteiger partial charge in [0.15, 0.2) is 0 Å². The summed E-state index contributed by atoms with van der Waals surface area (Å²) in [6.07, 6.45) is 1.38. The number of aliphatic carboxylic acids is 1. The number of thioether (sulfide) groups is 1. The summed E-state index contributed by atoms with van der Waals surface area (Å²) in [5.41, 5.74) is 0.502. The van der Waals surface area contributed by atoms with Crippen LogP contribution in [0.2, 0.25) is 0 Å². The van der Waals surface area contributed by atoms with Crippen LogP contribution in [-0.4, -0.2) is 56.8 Å². The lowest BCUT2D eigenvalue weighted by molar-refractivity contribution is -0.141. The van der Waals surface area contributed by atoms with E-state index in [9.17, 15) is 24.3 Å². The van der Waals surface area contributed by atoms with E-state index in [1.807, 2.05) is 0 Å². The van der Waals surface area contributed by atoms with Gasteiger partial charge in [-0.2, -0.15) is 0 Å². The van der Waals surface area contributed by atoms with Crippen LogP contribution in [0.15, 0.2) is 24.3 Å². The molecule has 0 bridgehead atoms. The van der Waals surface area contributed by atoms with Crippen molar-refractivity contribution in [2.24, 2.45) is 0 Å². The second kappa shape index (κ2) is 7.59. The topological polar surface area (TPSA) is 104 Å². The van der Waals surface area contributed by atoms with Gasteiger partial charge in [-0.15, -0.1) is 11.8 Å². The number of rotatable bonds is 7. The molecule has 1 saturated heterocycles. The molecule has 0 saturated carbocycles. The number of ketones is 1. The van der Waals surface area contributed by atoms with E-state index < -0.39 is 23.8 Å². The summed E-state index contributed by atoms with van der Waals surface area (Å²) < 4.78 is 0. The van der Waals surface area contributed by atoms with Gasteiger partial charge in [0.25, 0.3) is 11.8 Å². The number of nitrogens with one attached hydrogen (secondary N) is 1. The zero-order valence-corrected chi connectivity index (χ0v) is 15.1. The van der Waals surface area contributed by atoms with Crippen molar-refractivity contribution in [2.75, 3.05) is 5.75 Å². The molecule has 1 aromatic carbocycles. The Morgan fingerprint density at radius 3 is 2.38 bits per heavy atom. The Kier molecular flexibility index (Phi) is 5.43. The van der Waals surface area contributed by atoms with E-state index in [1.54, 1.807) is 30.8 Å². The Morgan fingerprint density at radius 1 is 1.27 bits per heavy atom. The molecule has 7 nitrogen and oxygen atoms in total. The number of fused-ring (bicyclic) bond motifs is 1. The van der Waals surface area contributed by atoms with Crippen LogP contribution < -0.4 is 5.32 Å². The van der Waals surface area contributed by atoms with Crippen molar-refractivity contribution in [2.45, 2.75) is 43.6 Å². The van der Waals surface area contributed by atoms with E-state index in [-0.39, 0.29) is 34.7 Å². The fourth-order valence-corrected chi connectivity index (χ4v) is 4.63. The zero-order valence-electron chi connectivity index (χ0n) is 14.3. The number of carboxylic acid groups (broad SMARTS) is 1. The highest BCUT2D eigenvalue weighted by atomic mass is 32.2. The van der Waals surface area contributed by atoms with Gasteiger partial charge in [0.1, 0.15) is 11.8 Å². The van der Waals surface area contributed by atoms with Crippen LogP contribution in [0.4, 0.5) is 0 Å². The molecule has 1 fully saturated rings. The summed E-state index contributed by atoms with van der Waals surface area (Å²) in [6.45, 7) is 1.54. The third-order valence-electron chi connectivity index (χ3n) is 4.71. The number of carbonyl (C=O) groups is 4.